The fraction of sp³-hybridized carbons (Fsp3) is 0.667. The quantitative estimate of drug-likeness (QED) is 0.628. The Bertz CT molecular complexity index is 425. The minimum absolute atomic E-state index is 0.184. The lowest BCUT2D eigenvalue weighted by atomic mass is 10.3. The molecule has 1 rings (SSSR count). The summed E-state index contributed by atoms with van der Waals surface area (Å²) >= 11 is 1.25. The van der Waals surface area contributed by atoms with Gasteiger partial charge in [0.25, 0.3) is 5.91 Å². The van der Waals surface area contributed by atoms with Crippen molar-refractivity contribution in [2.45, 2.75) is 19.4 Å². The predicted molar refractivity (Wildman–Crippen MR) is 80.3 cm³/mol. The van der Waals surface area contributed by atoms with Crippen LogP contribution in [0, 0.1) is 0 Å². The van der Waals surface area contributed by atoms with E-state index >= 15 is 0 Å². The molecule has 114 valence electrons. The number of nitrogen functional groups attached to an aromatic ring is 1. The zero-order valence-electron chi connectivity index (χ0n) is 12.1. The van der Waals surface area contributed by atoms with Gasteiger partial charge in [-0.05, 0) is 6.42 Å². The van der Waals surface area contributed by atoms with Crippen molar-refractivity contribution in [3.8, 4) is 0 Å². The van der Waals surface area contributed by atoms with Gasteiger partial charge in [0, 0.05) is 27.3 Å². The van der Waals surface area contributed by atoms with E-state index in [1.54, 1.807) is 14.2 Å². The van der Waals surface area contributed by atoms with Crippen molar-refractivity contribution >= 4 is 28.2 Å². The van der Waals surface area contributed by atoms with Crippen molar-refractivity contribution < 1.29 is 14.3 Å². The molecule has 0 radical (unpaired) electrons. The summed E-state index contributed by atoms with van der Waals surface area (Å²) in [6, 6.07) is 0. The molecule has 0 aliphatic rings. The molecule has 0 aliphatic heterocycles. The van der Waals surface area contributed by atoms with Crippen LogP contribution in [0.15, 0.2) is 0 Å². The molecule has 0 fully saturated rings. The van der Waals surface area contributed by atoms with E-state index in [2.05, 4.69) is 22.5 Å². The van der Waals surface area contributed by atoms with E-state index in [0.29, 0.717) is 23.2 Å². The maximum absolute atomic E-state index is 12.0. The van der Waals surface area contributed by atoms with E-state index in [0.717, 1.165) is 13.0 Å². The number of nitrogens with zero attached hydrogens (tertiary/aromatic N) is 1. The molecular formula is C12H22N4O3S. The van der Waals surface area contributed by atoms with Crippen LogP contribution in [-0.2, 0) is 9.47 Å². The molecule has 0 bridgehead atoms. The number of methoxy groups -OCH3 is 2. The number of carbonyl (C=O) groups excluding carboxylic acids is 1. The van der Waals surface area contributed by atoms with Gasteiger partial charge in [-0.2, -0.15) is 0 Å². The molecule has 0 spiro atoms. The van der Waals surface area contributed by atoms with E-state index in [9.17, 15) is 4.79 Å². The largest absolute Gasteiger partial charge is 0.382 e. The summed E-state index contributed by atoms with van der Waals surface area (Å²) in [5, 5.41) is 6.53. The number of thiazole rings is 1. The van der Waals surface area contributed by atoms with Gasteiger partial charge in [-0.1, -0.05) is 18.3 Å². The molecule has 0 saturated heterocycles. The molecule has 1 amide bonds. The monoisotopic (exact) mass is 302 g/mol. The number of rotatable bonds is 9. The Kier molecular flexibility index (Phi) is 7.27. The van der Waals surface area contributed by atoms with Crippen LogP contribution < -0.4 is 16.4 Å². The van der Waals surface area contributed by atoms with Crippen LogP contribution in [0.1, 0.15) is 23.0 Å². The highest BCUT2D eigenvalue weighted by molar-refractivity contribution is 7.18. The number of nitrogens with one attached hydrogen (secondary N) is 2. The summed E-state index contributed by atoms with van der Waals surface area (Å²) in [5.41, 5.74) is 5.75. The van der Waals surface area contributed by atoms with Crippen molar-refractivity contribution in [3.05, 3.63) is 4.88 Å². The van der Waals surface area contributed by atoms with Gasteiger partial charge in [0.1, 0.15) is 10.7 Å². The van der Waals surface area contributed by atoms with E-state index in [-0.39, 0.29) is 17.8 Å². The maximum atomic E-state index is 12.0. The second-order valence-electron chi connectivity index (χ2n) is 4.18. The Morgan fingerprint density at radius 2 is 2.25 bits per heavy atom. The lowest BCUT2D eigenvalue weighted by molar-refractivity contribution is 0.0286. The lowest BCUT2D eigenvalue weighted by Gasteiger charge is -2.14. The highest BCUT2D eigenvalue weighted by Crippen LogP contribution is 2.24. The highest BCUT2D eigenvalue weighted by atomic mass is 32.1. The third-order valence-corrected chi connectivity index (χ3v) is 3.59. The molecule has 0 saturated carbocycles. The van der Waals surface area contributed by atoms with Crippen molar-refractivity contribution in [1.82, 2.24) is 10.3 Å². The first kappa shape index (κ1) is 16.7. The Hall–Kier alpha value is -1.38. The van der Waals surface area contributed by atoms with E-state index < -0.39 is 0 Å². The molecular weight excluding hydrogens is 280 g/mol. The molecule has 1 atom stereocenters. The second kappa shape index (κ2) is 8.72. The summed E-state index contributed by atoms with van der Waals surface area (Å²) in [5.74, 6) is -0.00508. The minimum atomic E-state index is -0.247. The molecule has 4 N–H and O–H groups in total. The average molecular weight is 302 g/mol. The molecule has 1 unspecified atom stereocenters. The summed E-state index contributed by atoms with van der Waals surface area (Å²) in [4.78, 5) is 16.6. The first-order valence-corrected chi connectivity index (χ1v) is 7.24. The summed E-state index contributed by atoms with van der Waals surface area (Å²) < 4.78 is 10.2. The molecule has 0 aliphatic carbocycles. The standard InChI is InChI=1S/C12H22N4O3S/c1-4-5-14-12-16-10(13)9(20-12)11(17)15-6-8(19-3)7-18-2/h8H,4-7,13H2,1-3H3,(H,14,16)(H,15,17). The highest BCUT2D eigenvalue weighted by Gasteiger charge is 2.17. The maximum Gasteiger partial charge on any atom is 0.265 e. The summed E-state index contributed by atoms with van der Waals surface area (Å²) in [6.45, 7) is 3.63. The Morgan fingerprint density at radius 1 is 1.50 bits per heavy atom. The second-order valence-corrected chi connectivity index (χ2v) is 5.18. The van der Waals surface area contributed by atoms with Crippen LogP contribution >= 0.6 is 11.3 Å². The van der Waals surface area contributed by atoms with Crippen LogP contribution in [0.2, 0.25) is 0 Å². The van der Waals surface area contributed by atoms with Gasteiger partial charge in [-0.25, -0.2) is 4.98 Å². The Morgan fingerprint density at radius 3 is 2.85 bits per heavy atom. The smallest absolute Gasteiger partial charge is 0.265 e. The normalized spacial score (nSPS) is 12.2. The van der Waals surface area contributed by atoms with Gasteiger partial charge < -0.3 is 25.8 Å². The zero-order chi connectivity index (χ0) is 15.0. The number of aromatic nitrogens is 1. The number of carbonyl (C=O) groups is 1. The van der Waals surface area contributed by atoms with Gasteiger partial charge >= 0.3 is 0 Å². The first-order valence-electron chi connectivity index (χ1n) is 6.42. The Balaban J connectivity index is 2.56. The Labute approximate surface area is 122 Å². The topological polar surface area (TPSA) is 98.5 Å². The van der Waals surface area contributed by atoms with Crippen LogP contribution in [0.3, 0.4) is 0 Å². The molecule has 1 aromatic rings. The molecule has 1 aromatic heterocycles. The van der Waals surface area contributed by atoms with Gasteiger partial charge in [-0.15, -0.1) is 0 Å². The number of ether oxygens (including phenoxy) is 2. The van der Waals surface area contributed by atoms with Gasteiger partial charge in [0.05, 0.1) is 12.7 Å². The van der Waals surface area contributed by atoms with Crippen molar-refractivity contribution in [3.63, 3.8) is 0 Å². The van der Waals surface area contributed by atoms with Gasteiger partial charge in [0.15, 0.2) is 5.13 Å². The van der Waals surface area contributed by atoms with Crippen LogP contribution in [0.25, 0.3) is 0 Å². The molecule has 1 heterocycles. The van der Waals surface area contributed by atoms with Crippen LogP contribution in [-0.4, -0.2) is 50.9 Å². The van der Waals surface area contributed by atoms with Crippen molar-refractivity contribution in [2.75, 3.05) is 45.0 Å². The lowest BCUT2D eigenvalue weighted by Crippen LogP contribution is -2.35. The minimum Gasteiger partial charge on any atom is -0.382 e. The van der Waals surface area contributed by atoms with Crippen LogP contribution in [0.5, 0.6) is 0 Å². The van der Waals surface area contributed by atoms with E-state index in [1.807, 2.05) is 0 Å². The zero-order valence-corrected chi connectivity index (χ0v) is 12.9. The van der Waals surface area contributed by atoms with Gasteiger partial charge in [-0.3, -0.25) is 4.79 Å². The SMILES string of the molecule is CCCNc1nc(N)c(C(=O)NCC(COC)OC)s1. The van der Waals surface area contributed by atoms with Crippen molar-refractivity contribution in [2.24, 2.45) is 0 Å². The molecule has 20 heavy (non-hydrogen) atoms. The van der Waals surface area contributed by atoms with E-state index in [1.165, 1.54) is 11.3 Å². The third kappa shape index (κ3) is 4.95. The molecule has 8 heteroatoms. The number of hydrogen-bond donors (Lipinski definition) is 3. The fourth-order valence-corrected chi connectivity index (χ4v) is 2.31. The first-order chi connectivity index (χ1) is 9.62. The molecule has 0 aromatic carbocycles. The number of nitrogens with two attached hydrogens (primary N) is 1. The fourth-order valence-electron chi connectivity index (χ4n) is 1.49. The predicted octanol–water partition coefficient (Wildman–Crippen LogP) is 0.938. The number of anilines is 2. The third-order valence-electron chi connectivity index (χ3n) is 2.56. The van der Waals surface area contributed by atoms with E-state index in [4.69, 9.17) is 15.2 Å². The van der Waals surface area contributed by atoms with Crippen LogP contribution in [0.4, 0.5) is 10.9 Å². The van der Waals surface area contributed by atoms with Gasteiger partial charge in [0.2, 0.25) is 0 Å². The number of hydrogen-bond acceptors (Lipinski definition) is 7. The number of amides is 1. The summed E-state index contributed by atoms with van der Waals surface area (Å²) in [7, 11) is 3.16. The average Bonchev–Trinajstić information content (AvgIpc) is 2.82. The molecule has 7 nitrogen and oxygen atoms in total. The van der Waals surface area contributed by atoms with Crippen molar-refractivity contribution in [1.29, 1.82) is 0 Å². The summed E-state index contributed by atoms with van der Waals surface area (Å²) in [6.07, 6.45) is 0.795.